The van der Waals surface area contributed by atoms with E-state index in [4.69, 9.17) is 28.6 Å². The van der Waals surface area contributed by atoms with Crippen molar-refractivity contribution in [2.24, 2.45) is 0 Å². The zero-order chi connectivity index (χ0) is 18.8. The van der Waals surface area contributed by atoms with E-state index in [2.05, 4.69) is 17.0 Å². The lowest BCUT2D eigenvalue weighted by molar-refractivity contribution is -0.113. The zero-order valence-corrected chi connectivity index (χ0v) is 16.8. The summed E-state index contributed by atoms with van der Waals surface area (Å²) >= 11 is 12.7. The third kappa shape index (κ3) is 4.04. The number of morpholine rings is 1. The molecule has 2 aromatic rings. The molecule has 0 unspecified atom stereocenters. The maximum Gasteiger partial charge on any atom is 0.270 e. The third-order valence-electron chi connectivity index (χ3n) is 4.45. The van der Waals surface area contributed by atoms with Gasteiger partial charge in [-0.15, -0.1) is 0 Å². The van der Waals surface area contributed by atoms with Crippen LogP contribution in [0.2, 0.25) is 5.02 Å². The molecule has 0 saturated carbocycles. The zero-order valence-electron chi connectivity index (χ0n) is 14.4. The van der Waals surface area contributed by atoms with Crippen LogP contribution in [0.25, 0.3) is 6.08 Å². The van der Waals surface area contributed by atoms with E-state index in [1.165, 1.54) is 17.4 Å². The molecular weight excluding hydrogens is 400 g/mol. The molecule has 2 saturated heterocycles. The lowest BCUT2D eigenvalue weighted by atomic mass is 10.1. The van der Waals surface area contributed by atoms with Crippen LogP contribution >= 0.6 is 35.6 Å². The van der Waals surface area contributed by atoms with Gasteiger partial charge in [-0.1, -0.05) is 47.7 Å². The predicted octanol–water partition coefficient (Wildman–Crippen LogP) is 4.58. The third-order valence-corrected chi connectivity index (χ3v) is 6.00. The average molecular weight is 417 g/mol. The van der Waals surface area contributed by atoms with E-state index < -0.39 is 0 Å². The topological polar surface area (TPSA) is 32.8 Å². The van der Waals surface area contributed by atoms with Crippen LogP contribution in [-0.2, 0) is 9.53 Å². The van der Waals surface area contributed by atoms with Crippen molar-refractivity contribution in [1.82, 2.24) is 0 Å². The molecule has 0 radical (unpaired) electrons. The van der Waals surface area contributed by atoms with E-state index >= 15 is 0 Å². The number of thioether (sulfide) groups is 1. The molecule has 2 aliphatic heterocycles. The van der Waals surface area contributed by atoms with Crippen molar-refractivity contribution in [1.29, 1.82) is 0 Å². The second-order valence-electron chi connectivity index (χ2n) is 6.18. The lowest BCUT2D eigenvalue weighted by Gasteiger charge is -2.28. The fourth-order valence-electron chi connectivity index (χ4n) is 3.03. The molecule has 4 nitrogen and oxygen atoms in total. The van der Waals surface area contributed by atoms with E-state index in [0.29, 0.717) is 14.2 Å². The van der Waals surface area contributed by atoms with Gasteiger partial charge >= 0.3 is 0 Å². The standard InChI is InChI=1S/C20H17ClN2O2S2/c21-15-3-7-17(8-4-15)23-19(24)18(27-20(23)26)13-14-1-5-16(6-2-14)22-9-11-25-12-10-22/h1-8,13H,9-12H2/b18-13-. The van der Waals surface area contributed by atoms with Gasteiger partial charge in [-0.2, -0.15) is 0 Å². The number of rotatable bonds is 3. The van der Waals surface area contributed by atoms with Crippen molar-refractivity contribution < 1.29 is 9.53 Å². The highest BCUT2D eigenvalue weighted by Crippen LogP contribution is 2.36. The number of carbonyl (C=O) groups is 1. The number of anilines is 2. The van der Waals surface area contributed by atoms with Gasteiger partial charge in [0.2, 0.25) is 0 Å². The predicted molar refractivity (Wildman–Crippen MR) is 117 cm³/mol. The van der Waals surface area contributed by atoms with Gasteiger partial charge in [0.15, 0.2) is 4.32 Å². The van der Waals surface area contributed by atoms with Crippen LogP contribution in [0.4, 0.5) is 11.4 Å². The number of carbonyl (C=O) groups excluding carboxylic acids is 1. The van der Waals surface area contributed by atoms with Crippen molar-refractivity contribution in [3.05, 3.63) is 64.0 Å². The largest absolute Gasteiger partial charge is 0.378 e. The summed E-state index contributed by atoms with van der Waals surface area (Å²) in [6.45, 7) is 3.32. The van der Waals surface area contributed by atoms with Crippen LogP contribution in [0.3, 0.4) is 0 Å². The highest BCUT2D eigenvalue weighted by atomic mass is 35.5. The van der Waals surface area contributed by atoms with Gasteiger partial charge in [0.1, 0.15) is 0 Å². The molecule has 0 atom stereocenters. The summed E-state index contributed by atoms with van der Waals surface area (Å²) in [6.07, 6.45) is 1.89. The van der Waals surface area contributed by atoms with Gasteiger partial charge in [0, 0.05) is 23.8 Å². The Bertz CT molecular complexity index is 891. The minimum absolute atomic E-state index is 0.107. The first-order valence-corrected chi connectivity index (χ1v) is 10.2. The number of nitrogens with zero attached hydrogens (tertiary/aromatic N) is 2. The van der Waals surface area contributed by atoms with Crippen molar-refractivity contribution in [3.8, 4) is 0 Å². The average Bonchev–Trinajstić information content (AvgIpc) is 2.97. The number of halogens is 1. The second-order valence-corrected chi connectivity index (χ2v) is 8.30. The molecule has 0 aliphatic carbocycles. The minimum atomic E-state index is -0.107. The van der Waals surface area contributed by atoms with Crippen LogP contribution in [0.1, 0.15) is 5.56 Å². The summed E-state index contributed by atoms with van der Waals surface area (Å²) in [7, 11) is 0. The molecule has 7 heteroatoms. The summed E-state index contributed by atoms with van der Waals surface area (Å²) in [5.41, 5.74) is 2.88. The Labute approximate surface area is 172 Å². The normalized spacial score (nSPS) is 19.2. The minimum Gasteiger partial charge on any atom is -0.378 e. The summed E-state index contributed by atoms with van der Waals surface area (Å²) < 4.78 is 5.92. The highest BCUT2D eigenvalue weighted by molar-refractivity contribution is 8.27. The maximum absolute atomic E-state index is 12.8. The van der Waals surface area contributed by atoms with Crippen LogP contribution in [-0.4, -0.2) is 36.5 Å². The van der Waals surface area contributed by atoms with E-state index in [9.17, 15) is 4.79 Å². The molecule has 0 spiro atoms. The molecule has 2 aromatic carbocycles. The first-order valence-electron chi connectivity index (χ1n) is 8.58. The number of amides is 1. The molecule has 0 aromatic heterocycles. The van der Waals surface area contributed by atoms with Crippen molar-refractivity contribution in [2.45, 2.75) is 0 Å². The summed E-state index contributed by atoms with van der Waals surface area (Å²) in [5, 5.41) is 0.625. The fourth-order valence-corrected chi connectivity index (χ4v) is 4.46. The quantitative estimate of drug-likeness (QED) is 0.540. The molecule has 27 heavy (non-hydrogen) atoms. The van der Waals surface area contributed by atoms with Crippen molar-refractivity contribution in [3.63, 3.8) is 0 Å². The number of benzene rings is 2. The number of hydrogen-bond donors (Lipinski definition) is 0. The summed E-state index contributed by atoms with van der Waals surface area (Å²) in [6, 6.07) is 15.3. The summed E-state index contributed by atoms with van der Waals surface area (Å²) in [5.74, 6) is -0.107. The fraction of sp³-hybridized carbons (Fsp3) is 0.200. The molecule has 0 N–H and O–H groups in total. The van der Waals surface area contributed by atoms with E-state index in [1.807, 2.05) is 18.2 Å². The smallest absolute Gasteiger partial charge is 0.270 e. The molecular formula is C20H17ClN2O2S2. The van der Waals surface area contributed by atoms with Crippen LogP contribution in [0.5, 0.6) is 0 Å². The Kier molecular flexibility index (Phi) is 5.50. The molecule has 0 bridgehead atoms. The molecule has 138 valence electrons. The molecule has 4 rings (SSSR count). The Morgan fingerprint density at radius 2 is 1.63 bits per heavy atom. The molecule has 2 fully saturated rings. The Hall–Kier alpha value is -1.86. The van der Waals surface area contributed by atoms with E-state index in [0.717, 1.165) is 37.6 Å². The van der Waals surface area contributed by atoms with E-state index in [1.54, 1.807) is 29.2 Å². The monoisotopic (exact) mass is 416 g/mol. The second kappa shape index (κ2) is 8.02. The van der Waals surface area contributed by atoms with E-state index in [-0.39, 0.29) is 5.91 Å². The van der Waals surface area contributed by atoms with Crippen molar-refractivity contribution >= 4 is 63.3 Å². The first kappa shape index (κ1) is 18.5. The molecule has 2 aliphatic rings. The SMILES string of the molecule is O=C1/C(=C/c2ccc(N3CCOCC3)cc2)SC(=S)N1c1ccc(Cl)cc1. The molecule has 1 amide bonds. The number of hydrogen-bond acceptors (Lipinski definition) is 5. The van der Waals surface area contributed by atoms with Crippen LogP contribution in [0, 0.1) is 0 Å². The van der Waals surface area contributed by atoms with Crippen molar-refractivity contribution in [2.75, 3.05) is 36.1 Å². The Morgan fingerprint density at radius 3 is 2.30 bits per heavy atom. The Balaban J connectivity index is 1.53. The van der Waals surface area contributed by atoms with Gasteiger partial charge < -0.3 is 9.64 Å². The maximum atomic E-state index is 12.8. The molecule has 2 heterocycles. The summed E-state index contributed by atoms with van der Waals surface area (Å²) in [4.78, 5) is 17.3. The van der Waals surface area contributed by atoms with Gasteiger partial charge in [-0.25, -0.2) is 0 Å². The van der Waals surface area contributed by atoms with Gasteiger partial charge in [0.25, 0.3) is 5.91 Å². The highest BCUT2D eigenvalue weighted by Gasteiger charge is 2.33. The van der Waals surface area contributed by atoms with Gasteiger partial charge in [-0.3, -0.25) is 9.69 Å². The Morgan fingerprint density at radius 1 is 1.00 bits per heavy atom. The van der Waals surface area contributed by atoms with Crippen LogP contribution in [0.15, 0.2) is 53.4 Å². The van der Waals surface area contributed by atoms with Gasteiger partial charge in [-0.05, 0) is 48.0 Å². The lowest BCUT2D eigenvalue weighted by Crippen LogP contribution is -2.36. The van der Waals surface area contributed by atoms with Gasteiger partial charge in [0.05, 0.1) is 23.8 Å². The van der Waals surface area contributed by atoms with Crippen LogP contribution < -0.4 is 9.80 Å². The number of thiocarbonyl (C=S) groups is 1. The first-order chi connectivity index (χ1) is 13.1. The number of ether oxygens (including phenoxy) is 1.